The Hall–Kier alpha value is -1.50. The number of nitrogen functional groups attached to an aromatic ring is 1. The molecule has 3 heterocycles. The second kappa shape index (κ2) is 4.88. The lowest BCUT2D eigenvalue weighted by Gasteiger charge is -2.38. The maximum atomic E-state index is 11.7. The fraction of sp³-hybridized carbons (Fsp3) is 0.583. The molecule has 0 aromatic carbocycles. The van der Waals surface area contributed by atoms with Gasteiger partial charge in [0.05, 0.1) is 0 Å². The second-order valence-corrected chi connectivity index (χ2v) is 5.64. The van der Waals surface area contributed by atoms with Crippen LogP contribution in [0, 0.1) is 0 Å². The first-order valence-corrected chi connectivity index (χ1v) is 7.63. The number of nitrogens with two attached hydrogens (primary N) is 1. The number of carbonyl (C=O) groups is 1. The lowest BCUT2D eigenvalue weighted by Crippen LogP contribution is -2.51. The second-order valence-electron chi connectivity index (χ2n) is 4.86. The monoisotopic (exact) mass is 279 g/mol. The number of anilines is 2. The van der Waals surface area contributed by atoms with Crippen molar-refractivity contribution in [3.05, 3.63) is 6.07 Å². The molecule has 0 aliphatic carbocycles. The first-order valence-electron chi connectivity index (χ1n) is 6.40. The molecular weight excluding hydrogens is 262 g/mol. The molecule has 2 fully saturated rings. The number of fused-ring (bicyclic) bond motifs is 1. The van der Waals surface area contributed by atoms with Crippen LogP contribution >= 0.6 is 11.8 Å². The fourth-order valence-electron chi connectivity index (χ4n) is 2.76. The molecule has 0 saturated carbocycles. The Labute approximate surface area is 116 Å². The Balaban J connectivity index is 1.80. The predicted octanol–water partition coefficient (Wildman–Crippen LogP) is 0.592. The Morgan fingerprint density at radius 1 is 1.42 bits per heavy atom. The van der Waals surface area contributed by atoms with Crippen molar-refractivity contribution < 1.29 is 4.79 Å². The first-order chi connectivity index (χ1) is 9.17. The van der Waals surface area contributed by atoms with Crippen LogP contribution in [0.5, 0.6) is 0 Å². The largest absolute Gasteiger partial charge is 0.383 e. The summed E-state index contributed by atoms with van der Waals surface area (Å²) in [5.41, 5.74) is 5.81. The van der Waals surface area contributed by atoms with E-state index in [0.717, 1.165) is 31.9 Å². The molecule has 2 saturated heterocycles. The van der Waals surface area contributed by atoms with Gasteiger partial charge in [-0.05, 0) is 12.7 Å². The van der Waals surface area contributed by atoms with Gasteiger partial charge in [-0.2, -0.15) is 0 Å². The number of hydrogen-bond donors (Lipinski definition) is 1. The number of amides is 1. The molecule has 1 aromatic heterocycles. The summed E-state index contributed by atoms with van der Waals surface area (Å²) >= 11 is 1.49. The van der Waals surface area contributed by atoms with Crippen LogP contribution in [0.4, 0.5) is 11.6 Å². The van der Waals surface area contributed by atoms with Gasteiger partial charge in [0, 0.05) is 38.2 Å². The lowest BCUT2D eigenvalue weighted by atomic mass is 10.1. The number of thioether (sulfide) groups is 1. The normalized spacial score (nSPS) is 22.8. The molecule has 0 bridgehead atoms. The van der Waals surface area contributed by atoms with Gasteiger partial charge in [0.1, 0.15) is 11.6 Å². The molecule has 2 aliphatic heterocycles. The summed E-state index contributed by atoms with van der Waals surface area (Å²) in [4.78, 5) is 24.5. The molecule has 1 aromatic rings. The maximum absolute atomic E-state index is 11.7. The standard InChI is InChI=1S/C12H17N5OS/c1-19-12-14-9(13)6-10(15-12)16-4-5-17-8(7-16)2-3-11(17)18/h6,8H,2-5,7H2,1H3,(H2,13,14,15). The molecule has 1 amide bonds. The minimum atomic E-state index is 0.289. The van der Waals surface area contributed by atoms with E-state index in [1.807, 2.05) is 17.2 Å². The summed E-state index contributed by atoms with van der Waals surface area (Å²) < 4.78 is 0. The summed E-state index contributed by atoms with van der Waals surface area (Å²) in [6.45, 7) is 2.44. The minimum Gasteiger partial charge on any atom is -0.383 e. The Morgan fingerprint density at radius 3 is 3.05 bits per heavy atom. The molecule has 2 N–H and O–H groups in total. The zero-order valence-electron chi connectivity index (χ0n) is 10.9. The number of hydrogen-bond acceptors (Lipinski definition) is 6. The summed E-state index contributed by atoms with van der Waals surface area (Å²) in [6.07, 6.45) is 3.57. The highest BCUT2D eigenvalue weighted by molar-refractivity contribution is 7.98. The third-order valence-corrected chi connectivity index (χ3v) is 4.26. The van der Waals surface area contributed by atoms with E-state index in [1.54, 1.807) is 0 Å². The highest BCUT2D eigenvalue weighted by Gasteiger charge is 2.35. The number of rotatable bonds is 2. The molecule has 0 radical (unpaired) electrons. The van der Waals surface area contributed by atoms with Gasteiger partial charge in [-0.1, -0.05) is 11.8 Å². The van der Waals surface area contributed by atoms with Crippen molar-refractivity contribution >= 4 is 29.3 Å². The Morgan fingerprint density at radius 2 is 2.26 bits per heavy atom. The molecule has 2 aliphatic rings. The van der Waals surface area contributed by atoms with Gasteiger partial charge in [-0.25, -0.2) is 9.97 Å². The zero-order chi connectivity index (χ0) is 13.4. The van der Waals surface area contributed by atoms with Crippen LogP contribution in [0.15, 0.2) is 11.2 Å². The van der Waals surface area contributed by atoms with Crippen molar-refractivity contribution in [3.63, 3.8) is 0 Å². The van der Waals surface area contributed by atoms with Gasteiger partial charge in [-0.3, -0.25) is 4.79 Å². The quantitative estimate of drug-likeness (QED) is 0.631. The third-order valence-electron chi connectivity index (χ3n) is 3.71. The van der Waals surface area contributed by atoms with Crippen LogP contribution in [0.1, 0.15) is 12.8 Å². The summed E-state index contributed by atoms with van der Waals surface area (Å²) in [5.74, 6) is 1.66. The topological polar surface area (TPSA) is 75.3 Å². The summed E-state index contributed by atoms with van der Waals surface area (Å²) in [6, 6.07) is 2.14. The molecule has 7 heteroatoms. The maximum Gasteiger partial charge on any atom is 0.223 e. The number of nitrogens with zero attached hydrogens (tertiary/aromatic N) is 4. The van der Waals surface area contributed by atoms with Crippen LogP contribution in [-0.2, 0) is 4.79 Å². The van der Waals surface area contributed by atoms with Crippen molar-refractivity contribution in [2.45, 2.75) is 24.0 Å². The summed E-state index contributed by atoms with van der Waals surface area (Å²) in [5, 5.41) is 0.694. The van der Waals surface area contributed by atoms with Crippen LogP contribution in [0.25, 0.3) is 0 Å². The fourth-order valence-corrected chi connectivity index (χ4v) is 3.14. The van der Waals surface area contributed by atoms with E-state index in [2.05, 4.69) is 14.9 Å². The minimum absolute atomic E-state index is 0.289. The molecule has 0 spiro atoms. The predicted molar refractivity (Wildman–Crippen MR) is 75.2 cm³/mol. The van der Waals surface area contributed by atoms with E-state index in [4.69, 9.17) is 5.73 Å². The molecule has 1 unspecified atom stereocenters. The van der Waals surface area contributed by atoms with Gasteiger partial charge in [-0.15, -0.1) is 0 Å². The van der Waals surface area contributed by atoms with Gasteiger partial charge in [0.25, 0.3) is 0 Å². The molecule has 3 rings (SSSR count). The molecular formula is C12H17N5OS. The molecule has 1 atom stereocenters. The average molecular weight is 279 g/mol. The molecule has 102 valence electrons. The van der Waals surface area contributed by atoms with E-state index in [0.29, 0.717) is 23.4 Å². The molecule has 6 nitrogen and oxygen atoms in total. The van der Waals surface area contributed by atoms with Crippen LogP contribution in [-0.4, -0.2) is 52.7 Å². The number of aromatic nitrogens is 2. The summed E-state index contributed by atoms with van der Waals surface area (Å²) in [7, 11) is 0. The molecule has 19 heavy (non-hydrogen) atoms. The third kappa shape index (κ3) is 2.34. The number of piperazine rings is 1. The zero-order valence-corrected chi connectivity index (χ0v) is 11.7. The van der Waals surface area contributed by atoms with E-state index < -0.39 is 0 Å². The van der Waals surface area contributed by atoms with E-state index >= 15 is 0 Å². The van der Waals surface area contributed by atoms with E-state index in [9.17, 15) is 4.79 Å². The smallest absolute Gasteiger partial charge is 0.223 e. The highest BCUT2D eigenvalue weighted by Crippen LogP contribution is 2.26. The van der Waals surface area contributed by atoms with Crippen LogP contribution in [0.3, 0.4) is 0 Å². The Bertz CT molecular complexity index is 509. The van der Waals surface area contributed by atoms with Gasteiger partial charge < -0.3 is 15.5 Å². The highest BCUT2D eigenvalue weighted by atomic mass is 32.2. The lowest BCUT2D eigenvalue weighted by molar-refractivity contribution is -0.129. The number of carbonyl (C=O) groups excluding carboxylic acids is 1. The van der Waals surface area contributed by atoms with E-state index in [1.165, 1.54) is 11.8 Å². The van der Waals surface area contributed by atoms with Crippen molar-refractivity contribution in [2.75, 3.05) is 36.5 Å². The first kappa shape index (κ1) is 12.5. The average Bonchev–Trinajstić information content (AvgIpc) is 2.79. The van der Waals surface area contributed by atoms with Crippen molar-refractivity contribution in [2.24, 2.45) is 0 Å². The van der Waals surface area contributed by atoms with Gasteiger partial charge in [0.2, 0.25) is 5.91 Å². The van der Waals surface area contributed by atoms with Crippen molar-refractivity contribution in [3.8, 4) is 0 Å². The van der Waals surface area contributed by atoms with Crippen molar-refractivity contribution in [1.29, 1.82) is 0 Å². The van der Waals surface area contributed by atoms with Crippen molar-refractivity contribution in [1.82, 2.24) is 14.9 Å². The SMILES string of the molecule is CSc1nc(N)cc(N2CCN3C(=O)CCC3C2)n1. The Kier molecular flexibility index (Phi) is 3.22. The van der Waals surface area contributed by atoms with E-state index in [-0.39, 0.29) is 5.91 Å². The van der Waals surface area contributed by atoms with Crippen LogP contribution < -0.4 is 10.6 Å². The van der Waals surface area contributed by atoms with Gasteiger partial charge >= 0.3 is 0 Å². The van der Waals surface area contributed by atoms with Gasteiger partial charge in [0.15, 0.2) is 5.16 Å². The van der Waals surface area contributed by atoms with Crippen LogP contribution in [0.2, 0.25) is 0 Å².